The largest absolute Gasteiger partial charge is 0.497 e. The Kier molecular flexibility index (Phi) is 7.46. The predicted octanol–water partition coefficient (Wildman–Crippen LogP) is 2.74. The first-order chi connectivity index (χ1) is 14.6. The fourth-order valence-corrected chi connectivity index (χ4v) is 3.37. The summed E-state index contributed by atoms with van der Waals surface area (Å²) in [7, 11) is 5.80. The first kappa shape index (κ1) is 21.4. The number of ether oxygens (including phenoxy) is 2. The maximum atomic E-state index is 12.5. The van der Waals surface area contributed by atoms with Crippen LogP contribution in [0.4, 0.5) is 0 Å². The molecule has 2 N–H and O–H groups in total. The van der Waals surface area contributed by atoms with Gasteiger partial charge >= 0.3 is 0 Å². The van der Waals surface area contributed by atoms with Crippen LogP contribution in [0.25, 0.3) is 11.1 Å². The Morgan fingerprint density at radius 3 is 2.43 bits per heavy atom. The fourth-order valence-electron chi connectivity index (χ4n) is 3.37. The van der Waals surface area contributed by atoms with Crippen molar-refractivity contribution in [1.82, 2.24) is 5.32 Å². The Balaban J connectivity index is 1.61. The molecule has 30 heavy (non-hydrogen) atoms. The van der Waals surface area contributed by atoms with E-state index in [1.807, 2.05) is 72.8 Å². The van der Waals surface area contributed by atoms with Gasteiger partial charge in [0.2, 0.25) is 0 Å². The van der Waals surface area contributed by atoms with Gasteiger partial charge in [0.25, 0.3) is 5.91 Å². The maximum absolute atomic E-state index is 12.5. The van der Waals surface area contributed by atoms with Crippen molar-refractivity contribution >= 4 is 5.91 Å². The van der Waals surface area contributed by atoms with Gasteiger partial charge in [0.05, 0.1) is 27.7 Å². The topological polar surface area (TPSA) is 52.0 Å². The highest BCUT2D eigenvalue weighted by Gasteiger charge is 2.19. The number of quaternary nitrogens is 1. The smallest absolute Gasteiger partial charge is 0.258 e. The van der Waals surface area contributed by atoms with Crippen molar-refractivity contribution in [2.45, 2.75) is 6.04 Å². The molecule has 5 nitrogen and oxygen atoms in total. The number of methoxy groups -OCH3 is 1. The molecular weight excluding hydrogens is 376 g/mol. The second kappa shape index (κ2) is 10.5. The van der Waals surface area contributed by atoms with E-state index in [4.69, 9.17) is 9.47 Å². The Bertz CT molecular complexity index is 957. The highest BCUT2D eigenvalue weighted by Crippen LogP contribution is 2.29. The number of amides is 1. The number of benzene rings is 3. The minimum absolute atomic E-state index is 0.0303. The molecule has 0 aliphatic carbocycles. The molecule has 0 fully saturated rings. The first-order valence-electron chi connectivity index (χ1n) is 10.1. The van der Waals surface area contributed by atoms with E-state index in [2.05, 4.69) is 25.5 Å². The normalized spacial score (nSPS) is 11.7. The van der Waals surface area contributed by atoms with Crippen molar-refractivity contribution in [2.75, 3.05) is 34.4 Å². The molecule has 1 atom stereocenters. The number of likely N-dealkylation sites (N-methyl/N-ethyl adjacent to an activating group) is 1. The molecule has 0 aliphatic rings. The molecule has 0 heterocycles. The molecule has 1 amide bonds. The number of carbonyl (C=O) groups is 1. The summed E-state index contributed by atoms with van der Waals surface area (Å²) in [5, 5.41) is 3.00. The SMILES string of the molecule is COc1cccc([C@@H](CNC(=O)COc2ccccc2-c2ccccc2)[NH+](C)C)c1. The fraction of sp³-hybridized carbons (Fsp3) is 0.240. The lowest BCUT2D eigenvalue weighted by Gasteiger charge is -2.22. The van der Waals surface area contributed by atoms with Gasteiger partial charge in [-0.3, -0.25) is 4.79 Å². The van der Waals surface area contributed by atoms with Crippen LogP contribution < -0.4 is 19.7 Å². The van der Waals surface area contributed by atoms with E-state index in [-0.39, 0.29) is 18.6 Å². The van der Waals surface area contributed by atoms with Crippen molar-refractivity contribution in [3.05, 3.63) is 84.4 Å². The van der Waals surface area contributed by atoms with Crippen molar-refractivity contribution in [3.8, 4) is 22.6 Å². The van der Waals surface area contributed by atoms with Crippen LogP contribution >= 0.6 is 0 Å². The van der Waals surface area contributed by atoms with Crippen LogP contribution in [-0.2, 0) is 4.79 Å². The molecule has 3 aromatic rings. The summed E-state index contributed by atoms with van der Waals surface area (Å²) < 4.78 is 11.2. The lowest BCUT2D eigenvalue weighted by atomic mass is 10.1. The second-order valence-corrected chi connectivity index (χ2v) is 7.36. The van der Waals surface area contributed by atoms with Gasteiger partial charge in [0, 0.05) is 11.1 Å². The molecular formula is C25H29N2O3+. The third-order valence-corrected chi connectivity index (χ3v) is 5.03. The van der Waals surface area contributed by atoms with Crippen molar-refractivity contribution in [3.63, 3.8) is 0 Å². The van der Waals surface area contributed by atoms with Gasteiger partial charge in [-0.15, -0.1) is 0 Å². The minimum atomic E-state index is -0.146. The molecule has 0 unspecified atom stereocenters. The number of para-hydroxylation sites is 1. The summed E-state index contributed by atoms with van der Waals surface area (Å²) in [6.45, 7) is 0.482. The van der Waals surface area contributed by atoms with Gasteiger partial charge in [-0.25, -0.2) is 0 Å². The van der Waals surface area contributed by atoms with E-state index >= 15 is 0 Å². The van der Waals surface area contributed by atoms with Crippen LogP contribution in [0, 0.1) is 0 Å². The van der Waals surface area contributed by atoms with E-state index in [0.717, 1.165) is 22.4 Å². The quantitative estimate of drug-likeness (QED) is 0.576. The zero-order chi connectivity index (χ0) is 21.3. The van der Waals surface area contributed by atoms with Crippen molar-refractivity contribution < 1.29 is 19.2 Å². The van der Waals surface area contributed by atoms with Crippen molar-refractivity contribution in [2.24, 2.45) is 0 Å². The molecule has 0 aliphatic heterocycles. The molecule has 3 rings (SSSR count). The van der Waals surface area contributed by atoms with Crippen LogP contribution in [0.3, 0.4) is 0 Å². The lowest BCUT2D eigenvalue weighted by Crippen LogP contribution is -3.07. The molecule has 0 spiro atoms. The summed E-state index contributed by atoms with van der Waals surface area (Å²) in [6, 6.07) is 25.8. The predicted molar refractivity (Wildman–Crippen MR) is 119 cm³/mol. The van der Waals surface area contributed by atoms with E-state index in [0.29, 0.717) is 12.3 Å². The third kappa shape index (κ3) is 5.61. The van der Waals surface area contributed by atoms with Crippen LogP contribution in [0.5, 0.6) is 11.5 Å². The Hall–Kier alpha value is -3.31. The Labute approximate surface area is 178 Å². The number of hydrogen-bond donors (Lipinski definition) is 2. The van der Waals surface area contributed by atoms with E-state index in [9.17, 15) is 4.79 Å². The second-order valence-electron chi connectivity index (χ2n) is 7.36. The molecule has 0 saturated heterocycles. The molecule has 0 radical (unpaired) electrons. The molecule has 3 aromatic carbocycles. The molecule has 5 heteroatoms. The highest BCUT2D eigenvalue weighted by atomic mass is 16.5. The number of rotatable bonds is 9. The highest BCUT2D eigenvalue weighted by molar-refractivity contribution is 5.78. The summed E-state index contributed by atoms with van der Waals surface area (Å²) in [5.41, 5.74) is 3.14. The monoisotopic (exact) mass is 405 g/mol. The van der Waals surface area contributed by atoms with Gasteiger partial charge in [-0.2, -0.15) is 0 Å². The van der Waals surface area contributed by atoms with Crippen LogP contribution in [0.1, 0.15) is 11.6 Å². The van der Waals surface area contributed by atoms with E-state index in [1.54, 1.807) is 7.11 Å². The van der Waals surface area contributed by atoms with Crippen molar-refractivity contribution in [1.29, 1.82) is 0 Å². The molecule has 0 saturated carbocycles. The maximum Gasteiger partial charge on any atom is 0.258 e. The Morgan fingerprint density at radius 1 is 0.967 bits per heavy atom. The number of nitrogens with one attached hydrogen (secondary N) is 2. The van der Waals surface area contributed by atoms with Crippen LogP contribution in [0.15, 0.2) is 78.9 Å². The average molecular weight is 406 g/mol. The van der Waals surface area contributed by atoms with Gasteiger partial charge < -0.3 is 19.7 Å². The average Bonchev–Trinajstić information content (AvgIpc) is 2.78. The molecule has 156 valence electrons. The number of hydrogen-bond acceptors (Lipinski definition) is 3. The summed E-state index contributed by atoms with van der Waals surface area (Å²) in [5.74, 6) is 1.36. The standard InChI is InChI=1S/C25H28N2O3/c1-27(2)23(20-12-9-13-21(16-20)29-3)17-26-25(28)18-30-24-15-8-7-14-22(24)19-10-5-4-6-11-19/h4-16,23H,17-18H2,1-3H3,(H,26,28)/p+1/t23-/m1/s1. The Morgan fingerprint density at radius 2 is 1.70 bits per heavy atom. The molecule has 0 bridgehead atoms. The summed E-state index contributed by atoms with van der Waals surface area (Å²) >= 11 is 0. The van der Waals surface area contributed by atoms with Crippen LogP contribution in [-0.4, -0.2) is 40.3 Å². The third-order valence-electron chi connectivity index (χ3n) is 5.03. The zero-order valence-corrected chi connectivity index (χ0v) is 17.7. The van der Waals surface area contributed by atoms with Gasteiger partial charge in [-0.05, 0) is 23.8 Å². The lowest BCUT2D eigenvalue weighted by molar-refractivity contribution is -0.890. The first-order valence-corrected chi connectivity index (χ1v) is 10.1. The summed E-state index contributed by atoms with van der Waals surface area (Å²) in [4.78, 5) is 13.7. The minimum Gasteiger partial charge on any atom is -0.497 e. The zero-order valence-electron chi connectivity index (χ0n) is 17.7. The van der Waals surface area contributed by atoms with E-state index in [1.165, 1.54) is 4.90 Å². The number of carbonyl (C=O) groups excluding carboxylic acids is 1. The van der Waals surface area contributed by atoms with Gasteiger partial charge in [-0.1, -0.05) is 60.7 Å². The van der Waals surface area contributed by atoms with Gasteiger partial charge in [0.15, 0.2) is 6.61 Å². The van der Waals surface area contributed by atoms with E-state index < -0.39 is 0 Å². The van der Waals surface area contributed by atoms with Crippen LogP contribution in [0.2, 0.25) is 0 Å². The van der Waals surface area contributed by atoms with Gasteiger partial charge in [0.1, 0.15) is 17.5 Å². The summed E-state index contributed by atoms with van der Waals surface area (Å²) in [6.07, 6.45) is 0. The molecule has 0 aromatic heterocycles.